The first-order valence-corrected chi connectivity index (χ1v) is 10.7. The average Bonchev–Trinajstić information content (AvgIpc) is 2.87. The summed E-state index contributed by atoms with van der Waals surface area (Å²) in [4.78, 5) is 25.7. The third-order valence-electron chi connectivity index (χ3n) is 5.22. The Morgan fingerprint density at radius 3 is 2.31 bits per heavy atom. The zero-order valence-electron chi connectivity index (χ0n) is 14.7. The summed E-state index contributed by atoms with van der Waals surface area (Å²) in [5.41, 5.74) is 6.51. The minimum atomic E-state index is -3.47. The average molecular weight is 379 g/mol. The van der Waals surface area contributed by atoms with Gasteiger partial charge in [0, 0.05) is 12.6 Å². The minimum Gasteiger partial charge on any atom is -0.330 e. The van der Waals surface area contributed by atoms with Gasteiger partial charge in [0.1, 0.15) is 0 Å². The summed E-state index contributed by atoms with van der Waals surface area (Å²) in [5.74, 6) is -0.651. The molecule has 0 saturated heterocycles. The molecule has 1 fully saturated rings. The van der Waals surface area contributed by atoms with Gasteiger partial charge in [-0.05, 0) is 43.9 Å². The topological polar surface area (TPSA) is 110 Å². The normalized spacial score (nSPS) is 23.3. The van der Waals surface area contributed by atoms with Crippen molar-refractivity contribution in [2.45, 2.75) is 38.1 Å². The number of fused-ring (bicyclic) bond motifs is 1. The van der Waals surface area contributed by atoms with E-state index in [0.29, 0.717) is 17.7 Å². The lowest BCUT2D eigenvalue weighted by Crippen LogP contribution is -2.45. The molecule has 0 aromatic heterocycles. The van der Waals surface area contributed by atoms with Crippen molar-refractivity contribution in [3.05, 3.63) is 35.4 Å². The fraction of sp³-hybridized carbons (Fsp3) is 0.556. The van der Waals surface area contributed by atoms with E-state index >= 15 is 0 Å². The van der Waals surface area contributed by atoms with Crippen LogP contribution in [0.2, 0.25) is 0 Å². The molecule has 1 saturated carbocycles. The van der Waals surface area contributed by atoms with Crippen molar-refractivity contribution in [3.63, 3.8) is 0 Å². The highest BCUT2D eigenvalue weighted by atomic mass is 32.2. The molecule has 1 aliphatic carbocycles. The molecule has 26 heavy (non-hydrogen) atoms. The molecule has 1 aliphatic heterocycles. The molecule has 0 radical (unpaired) electrons. The number of nitrogens with two attached hydrogens (primary N) is 1. The number of imide groups is 1. The third-order valence-corrected chi connectivity index (χ3v) is 6.70. The quantitative estimate of drug-likeness (QED) is 0.690. The van der Waals surface area contributed by atoms with Crippen molar-refractivity contribution in [3.8, 4) is 0 Å². The summed E-state index contributed by atoms with van der Waals surface area (Å²) in [7, 11) is -3.47. The smallest absolute Gasteiger partial charge is 0.261 e. The number of sulfonamides is 1. The Morgan fingerprint density at radius 2 is 1.69 bits per heavy atom. The number of amides is 2. The predicted molar refractivity (Wildman–Crippen MR) is 98.1 cm³/mol. The number of benzene rings is 1. The van der Waals surface area contributed by atoms with E-state index in [1.165, 1.54) is 0 Å². The Labute approximate surface area is 154 Å². The van der Waals surface area contributed by atoms with Gasteiger partial charge in [0.2, 0.25) is 10.0 Å². The zero-order valence-corrected chi connectivity index (χ0v) is 15.5. The molecule has 8 heteroatoms. The van der Waals surface area contributed by atoms with Gasteiger partial charge < -0.3 is 5.73 Å². The van der Waals surface area contributed by atoms with E-state index in [4.69, 9.17) is 5.73 Å². The second kappa shape index (κ2) is 7.85. The fourth-order valence-electron chi connectivity index (χ4n) is 3.79. The number of rotatable bonds is 7. The first-order chi connectivity index (χ1) is 12.4. The molecule has 7 nitrogen and oxygen atoms in total. The number of nitrogens with one attached hydrogen (secondary N) is 1. The van der Waals surface area contributed by atoms with Crippen molar-refractivity contribution in [1.29, 1.82) is 0 Å². The summed E-state index contributed by atoms with van der Waals surface area (Å²) < 4.78 is 27.5. The van der Waals surface area contributed by atoms with Crippen LogP contribution in [-0.4, -0.2) is 50.0 Å². The van der Waals surface area contributed by atoms with Gasteiger partial charge in [-0.1, -0.05) is 25.0 Å². The molecule has 0 spiro atoms. The van der Waals surface area contributed by atoms with Gasteiger partial charge in [0.05, 0.1) is 16.9 Å². The maximum atomic E-state index is 12.4. The van der Waals surface area contributed by atoms with Crippen LogP contribution in [0.3, 0.4) is 0 Å². The number of carbonyl (C=O) groups excluding carboxylic acids is 2. The SMILES string of the molecule is NCC1CCCCC1NS(=O)(=O)CCCN1C(=O)c2ccccc2C1=O. The maximum Gasteiger partial charge on any atom is 0.261 e. The molecular weight excluding hydrogens is 354 g/mol. The maximum absolute atomic E-state index is 12.4. The Bertz CT molecular complexity index is 758. The fourth-order valence-corrected chi connectivity index (χ4v) is 5.19. The van der Waals surface area contributed by atoms with Crippen molar-refractivity contribution >= 4 is 21.8 Å². The molecule has 0 bridgehead atoms. The van der Waals surface area contributed by atoms with Gasteiger partial charge in [-0.2, -0.15) is 0 Å². The Balaban J connectivity index is 1.54. The third kappa shape index (κ3) is 3.97. The van der Waals surface area contributed by atoms with Crippen LogP contribution in [0.25, 0.3) is 0 Å². The van der Waals surface area contributed by atoms with E-state index in [1.54, 1.807) is 24.3 Å². The zero-order chi connectivity index (χ0) is 18.7. The highest BCUT2D eigenvalue weighted by molar-refractivity contribution is 7.89. The van der Waals surface area contributed by atoms with Crippen molar-refractivity contribution < 1.29 is 18.0 Å². The van der Waals surface area contributed by atoms with E-state index in [9.17, 15) is 18.0 Å². The molecular formula is C18H25N3O4S. The van der Waals surface area contributed by atoms with Crippen LogP contribution in [0.4, 0.5) is 0 Å². The van der Waals surface area contributed by atoms with Crippen LogP contribution >= 0.6 is 0 Å². The van der Waals surface area contributed by atoms with E-state index in [0.717, 1.165) is 30.6 Å². The van der Waals surface area contributed by atoms with Crippen LogP contribution in [0.1, 0.15) is 52.8 Å². The molecule has 1 heterocycles. The van der Waals surface area contributed by atoms with Crippen molar-refractivity contribution in [2.75, 3.05) is 18.8 Å². The summed E-state index contributed by atoms with van der Waals surface area (Å²) in [6.45, 7) is 0.570. The van der Waals surface area contributed by atoms with E-state index < -0.39 is 10.0 Å². The molecule has 3 rings (SSSR count). The number of carbonyl (C=O) groups is 2. The molecule has 2 unspecified atom stereocenters. The van der Waals surface area contributed by atoms with Gasteiger partial charge in [-0.15, -0.1) is 0 Å². The molecule has 2 amide bonds. The van der Waals surface area contributed by atoms with Gasteiger partial charge >= 0.3 is 0 Å². The standard InChI is InChI=1S/C18H25N3O4S/c19-12-13-6-1-4-9-16(13)20-26(24,25)11-5-10-21-17(22)14-7-2-3-8-15(14)18(21)23/h2-3,7-8,13,16,20H,1,4-6,9-12,19H2. The second-order valence-corrected chi connectivity index (χ2v) is 8.86. The van der Waals surface area contributed by atoms with Crippen LogP contribution in [0.5, 0.6) is 0 Å². The lowest BCUT2D eigenvalue weighted by atomic mass is 9.85. The molecule has 3 N–H and O–H groups in total. The van der Waals surface area contributed by atoms with Crippen molar-refractivity contribution in [2.24, 2.45) is 11.7 Å². The van der Waals surface area contributed by atoms with Gasteiger partial charge in [-0.25, -0.2) is 13.1 Å². The second-order valence-electron chi connectivity index (χ2n) is 6.98. The first-order valence-electron chi connectivity index (χ1n) is 9.08. The monoisotopic (exact) mass is 379 g/mol. The van der Waals surface area contributed by atoms with E-state index in [1.807, 2.05) is 0 Å². The largest absolute Gasteiger partial charge is 0.330 e. The molecule has 142 valence electrons. The van der Waals surface area contributed by atoms with Crippen LogP contribution in [-0.2, 0) is 10.0 Å². The summed E-state index contributed by atoms with van der Waals surface area (Å²) in [5, 5.41) is 0. The molecule has 1 aromatic rings. The number of hydrogen-bond donors (Lipinski definition) is 2. The highest BCUT2D eigenvalue weighted by Gasteiger charge is 2.35. The molecule has 2 aliphatic rings. The molecule has 2 atom stereocenters. The Morgan fingerprint density at radius 1 is 1.08 bits per heavy atom. The predicted octanol–water partition coefficient (Wildman–Crippen LogP) is 1.11. The van der Waals surface area contributed by atoms with Crippen LogP contribution in [0, 0.1) is 5.92 Å². The van der Waals surface area contributed by atoms with E-state index in [2.05, 4.69) is 4.72 Å². The Hall–Kier alpha value is -1.77. The lowest BCUT2D eigenvalue weighted by molar-refractivity contribution is 0.0654. The summed E-state index contributed by atoms with van der Waals surface area (Å²) in [6.07, 6.45) is 4.04. The van der Waals surface area contributed by atoms with Crippen LogP contribution < -0.4 is 10.5 Å². The first kappa shape index (κ1) is 19.0. The van der Waals surface area contributed by atoms with E-state index in [-0.39, 0.29) is 42.5 Å². The Kier molecular flexibility index (Phi) is 5.74. The van der Waals surface area contributed by atoms with Crippen LogP contribution in [0.15, 0.2) is 24.3 Å². The van der Waals surface area contributed by atoms with Gasteiger partial charge in [-0.3, -0.25) is 14.5 Å². The summed E-state index contributed by atoms with van der Waals surface area (Å²) >= 11 is 0. The number of nitrogens with zero attached hydrogens (tertiary/aromatic N) is 1. The lowest BCUT2D eigenvalue weighted by Gasteiger charge is -2.31. The van der Waals surface area contributed by atoms with Crippen molar-refractivity contribution in [1.82, 2.24) is 9.62 Å². The minimum absolute atomic E-state index is 0.0955. The van der Waals surface area contributed by atoms with Gasteiger partial charge in [0.25, 0.3) is 11.8 Å². The summed E-state index contributed by atoms with van der Waals surface area (Å²) in [6, 6.07) is 6.53. The number of hydrogen-bond acceptors (Lipinski definition) is 5. The highest BCUT2D eigenvalue weighted by Crippen LogP contribution is 2.25. The molecule has 1 aromatic carbocycles. The van der Waals surface area contributed by atoms with Gasteiger partial charge in [0.15, 0.2) is 0 Å².